The minimum atomic E-state index is 0.219. The first-order chi connectivity index (χ1) is 10.1. The van der Waals surface area contributed by atoms with Crippen LogP contribution in [0, 0.1) is 11.3 Å². The fourth-order valence-corrected chi connectivity index (χ4v) is 4.64. The Morgan fingerprint density at radius 1 is 1.48 bits per heavy atom. The lowest BCUT2D eigenvalue weighted by atomic mass is 9.75. The molecule has 118 valence electrons. The third-order valence-electron chi connectivity index (χ3n) is 5.10. The zero-order valence-electron chi connectivity index (χ0n) is 13.3. The molecule has 0 aromatic carbocycles. The van der Waals surface area contributed by atoms with Crippen LogP contribution in [-0.2, 0) is 24.6 Å². The van der Waals surface area contributed by atoms with Crippen molar-refractivity contribution in [1.29, 1.82) is 0 Å². The van der Waals surface area contributed by atoms with Crippen molar-refractivity contribution in [2.24, 2.45) is 18.4 Å². The Balaban J connectivity index is 1.90. The van der Waals surface area contributed by atoms with Gasteiger partial charge in [0.15, 0.2) is 0 Å². The summed E-state index contributed by atoms with van der Waals surface area (Å²) in [5.74, 6) is 0.776. The lowest BCUT2D eigenvalue weighted by Gasteiger charge is -2.34. The van der Waals surface area contributed by atoms with Crippen molar-refractivity contribution in [3.8, 4) is 0 Å². The molecule has 0 radical (unpaired) electrons. The van der Waals surface area contributed by atoms with E-state index >= 15 is 0 Å². The van der Waals surface area contributed by atoms with Gasteiger partial charge >= 0.3 is 0 Å². The van der Waals surface area contributed by atoms with E-state index in [1.165, 1.54) is 23.0 Å². The molecule has 2 atom stereocenters. The number of hydrogen-bond donors (Lipinski definition) is 1. The molecule has 3 rings (SSSR count). The summed E-state index contributed by atoms with van der Waals surface area (Å²) in [6.45, 7) is 4.08. The Morgan fingerprint density at radius 2 is 2.24 bits per heavy atom. The highest BCUT2D eigenvalue weighted by Crippen LogP contribution is 2.49. The lowest BCUT2D eigenvalue weighted by molar-refractivity contribution is 0.0306. The average molecular weight is 356 g/mol. The zero-order valence-corrected chi connectivity index (χ0v) is 14.9. The Morgan fingerprint density at radius 3 is 2.81 bits per heavy atom. The van der Waals surface area contributed by atoms with Crippen LogP contribution in [0.25, 0.3) is 0 Å². The van der Waals surface area contributed by atoms with E-state index in [4.69, 9.17) is 4.74 Å². The number of hydrogen-bond acceptors (Lipinski definition) is 3. The summed E-state index contributed by atoms with van der Waals surface area (Å²) in [7, 11) is 4.12. The minimum absolute atomic E-state index is 0.219. The molecule has 2 unspecified atom stereocenters. The van der Waals surface area contributed by atoms with E-state index in [0.29, 0.717) is 6.10 Å². The molecule has 1 aliphatic heterocycles. The van der Waals surface area contributed by atoms with Gasteiger partial charge in [0, 0.05) is 25.6 Å². The molecule has 2 aliphatic rings. The molecule has 0 amide bonds. The maximum absolute atomic E-state index is 6.15. The SMILES string of the molecule is CCc1nn(C)c(CC2(CNC)CCOC2C2CC2)c1Br. The summed E-state index contributed by atoms with van der Waals surface area (Å²) < 4.78 is 9.40. The van der Waals surface area contributed by atoms with Gasteiger partial charge < -0.3 is 10.1 Å². The van der Waals surface area contributed by atoms with E-state index in [0.717, 1.165) is 44.0 Å². The number of halogens is 1. The predicted molar refractivity (Wildman–Crippen MR) is 87.4 cm³/mol. The molecular formula is C16H26BrN3O. The van der Waals surface area contributed by atoms with E-state index in [-0.39, 0.29) is 5.41 Å². The molecule has 0 bridgehead atoms. The molecule has 1 aliphatic carbocycles. The van der Waals surface area contributed by atoms with E-state index in [1.807, 2.05) is 0 Å². The normalized spacial score (nSPS) is 29.2. The first kappa shape index (κ1) is 15.5. The highest BCUT2D eigenvalue weighted by Gasteiger charge is 2.51. The van der Waals surface area contributed by atoms with Gasteiger partial charge in [0.05, 0.1) is 22.0 Å². The van der Waals surface area contributed by atoms with Crippen LogP contribution in [0.1, 0.15) is 37.6 Å². The predicted octanol–water partition coefficient (Wildman–Crippen LogP) is 2.69. The van der Waals surface area contributed by atoms with Crippen LogP contribution in [-0.4, -0.2) is 36.1 Å². The van der Waals surface area contributed by atoms with Crippen molar-refractivity contribution in [3.05, 3.63) is 15.9 Å². The molecule has 5 heteroatoms. The highest BCUT2D eigenvalue weighted by atomic mass is 79.9. The topological polar surface area (TPSA) is 39.1 Å². The first-order valence-electron chi connectivity index (χ1n) is 8.07. The number of aryl methyl sites for hydroxylation is 2. The van der Waals surface area contributed by atoms with Crippen molar-refractivity contribution in [3.63, 3.8) is 0 Å². The molecule has 21 heavy (non-hydrogen) atoms. The van der Waals surface area contributed by atoms with Gasteiger partial charge in [-0.25, -0.2) is 0 Å². The average Bonchev–Trinajstić information content (AvgIpc) is 3.18. The van der Waals surface area contributed by atoms with Crippen molar-refractivity contribution in [1.82, 2.24) is 15.1 Å². The second-order valence-electron chi connectivity index (χ2n) is 6.63. The molecule has 0 spiro atoms. The van der Waals surface area contributed by atoms with Gasteiger partial charge in [0.2, 0.25) is 0 Å². The molecule has 2 fully saturated rings. The van der Waals surface area contributed by atoms with Crippen LogP contribution in [0.3, 0.4) is 0 Å². The van der Waals surface area contributed by atoms with Crippen LogP contribution < -0.4 is 5.32 Å². The fraction of sp³-hybridized carbons (Fsp3) is 0.812. The second kappa shape index (κ2) is 6.01. The zero-order chi connectivity index (χ0) is 15.0. The molecule has 1 saturated heterocycles. The van der Waals surface area contributed by atoms with Crippen molar-refractivity contribution in [2.45, 2.75) is 45.1 Å². The molecule has 1 aromatic heterocycles. The Kier molecular flexibility index (Phi) is 4.44. The molecular weight excluding hydrogens is 330 g/mol. The maximum atomic E-state index is 6.15. The lowest BCUT2D eigenvalue weighted by Crippen LogP contribution is -2.43. The van der Waals surface area contributed by atoms with E-state index < -0.39 is 0 Å². The van der Waals surface area contributed by atoms with Crippen LogP contribution in [0.2, 0.25) is 0 Å². The standard InChI is InChI=1S/C16H26BrN3O/c1-4-12-14(17)13(20(3)19-12)9-16(10-18-2)7-8-21-15(16)11-5-6-11/h11,15,18H,4-10H2,1-3H3. The third-order valence-corrected chi connectivity index (χ3v) is 6.02. The van der Waals surface area contributed by atoms with Crippen molar-refractivity contribution >= 4 is 15.9 Å². The Hall–Kier alpha value is -0.390. The summed E-state index contributed by atoms with van der Waals surface area (Å²) in [5, 5.41) is 8.07. The summed E-state index contributed by atoms with van der Waals surface area (Å²) >= 11 is 3.77. The Labute approximate surface area is 135 Å². The largest absolute Gasteiger partial charge is 0.377 e. The van der Waals surface area contributed by atoms with E-state index in [9.17, 15) is 0 Å². The molecule has 1 saturated carbocycles. The number of ether oxygens (including phenoxy) is 1. The van der Waals surface area contributed by atoms with Gasteiger partial charge in [-0.3, -0.25) is 4.68 Å². The quantitative estimate of drug-likeness (QED) is 0.852. The van der Waals surface area contributed by atoms with Crippen molar-refractivity contribution in [2.75, 3.05) is 20.2 Å². The van der Waals surface area contributed by atoms with Gasteiger partial charge in [-0.1, -0.05) is 6.92 Å². The molecule has 1 N–H and O–H groups in total. The van der Waals surface area contributed by atoms with E-state index in [1.54, 1.807) is 0 Å². The number of aromatic nitrogens is 2. The highest BCUT2D eigenvalue weighted by molar-refractivity contribution is 9.10. The van der Waals surface area contributed by atoms with Gasteiger partial charge in [-0.2, -0.15) is 5.10 Å². The number of rotatable bonds is 6. The fourth-order valence-electron chi connectivity index (χ4n) is 3.88. The van der Waals surface area contributed by atoms with Crippen LogP contribution in [0.4, 0.5) is 0 Å². The van der Waals surface area contributed by atoms with Crippen molar-refractivity contribution < 1.29 is 4.74 Å². The maximum Gasteiger partial charge on any atom is 0.0766 e. The number of nitrogens with zero attached hydrogens (tertiary/aromatic N) is 2. The van der Waals surface area contributed by atoms with Gasteiger partial charge in [-0.15, -0.1) is 0 Å². The summed E-state index contributed by atoms with van der Waals surface area (Å²) in [4.78, 5) is 0. The molecule has 4 nitrogen and oxygen atoms in total. The van der Waals surface area contributed by atoms with E-state index in [2.05, 4.69) is 52.0 Å². The monoisotopic (exact) mass is 355 g/mol. The molecule has 2 heterocycles. The van der Waals surface area contributed by atoms with Crippen LogP contribution >= 0.6 is 15.9 Å². The summed E-state index contributed by atoms with van der Waals surface area (Å²) in [6.07, 6.45) is 6.24. The third kappa shape index (κ3) is 2.80. The Bertz CT molecular complexity index is 512. The summed E-state index contributed by atoms with van der Waals surface area (Å²) in [5.41, 5.74) is 2.70. The summed E-state index contributed by atoms with van der Waals surface area (Å²) in [6, 6.07) is 0. The smallest absolute Gasteiger partial charge is 0.0766 e. The molecule has 1 aromatic rings. The second-order valence-corrected chi connectivity index (χ2v) is 7.43. The van der Waals surface area contributed by atoms with Crippen LogP contribution in [0.5, 0.6) is 0 Å². The first-order valence-corrected chi connectivity index (χ1v) is 8.87. The van der Waals surface area contributed by atoms with Crippen LogP contribution in [0.15, 0.2) is 4.47 Å². The van der Waals surface area contributed by atoms with Gasteiger partial charge in [0.1, 0.15) is 0 Å². The number of nitrogens with one attached hydrogen (secondary N) is 1. The van der Waals surface area contributed by atoms with Gasteiger partial charge in [-0.05, 0) is 61.0 Å². The minimum Gasteiger partial charge on any atom is -0.377 e. The van der Waals surface area contributed by atoms with Gasteiger partial charge in [0.25, 0.3) is 0 Å².